The number of rotatable bonds is 8. The fourth-order valence-corrected chi connectivity index (χ4v) is 5.81. The third-order valence-electron chi connectivity index (χ3n) is 8.54. The molecule has 0 bridgehead atoms. The molecule has 0 saturated carbocycles. The van der Waals surface area contributed by atoms with E-state index in [1.54, 1.807) is 13.8 Å². The van der Waals surface area contributed by atoms with E-state index in [1.807, 2.05) is 0 Å². The third-order valence-corrected chi connectivity index (χ3v) is 8.54. The minimum atomic E-state index is -1.71. The van der Waals surface area contributed by atoms with Gasteiger partial charge >= 0.3 is 0 Å². The largest absolute Gasteiger partial charge is 0.388 e. The Morgan fingerprint density at radius 3 is 1.37 bits per heavy atom. The monoisotopic (exact) mass is 630 g/mol. The van der Waals surface area contributed by atoms with Crippen molar-refractivity contribution < 1.29 is 83.5 Å². The van der Waals surface area contributed by atoms with Gasteiger partial charge in [0.25, 0.3) is 0 Å². The van der Waals surface area contributed by atoms with Crippen LogP contribution in [0, 0.1) is 0 Å². The quantitative estimate of drug-likeness (QED) is 0.126. The van der Waals surface area contributed by atoms with Crippen LogP contribution in [0.25, 0.3) is 0 Å². The van der Waals surface area contributed by atoms with Crippen LogP contribution in [0.2, 0.25) is 0 Å². The molecule has 4 aliphatic rings. The molecule has 4 fully saturated rings. The van der Waals surface area contributed by atoms with Crippen LogP contribution in [0.15, 0.2) is 0 Å². The molecule has 4 heterocycles. The molecule has 43 heavy (non-hydrogen) atoms. The summed E-state index contributed by atoms with van der Waals surface area (Å²) in [4.78, 5) is 0. The number of hydrogen-bond acceptors (Lipinski definition) is 17. The maximum absolute atomic E-state index is 11.2. The topological polar surface area (TPSA) is 245 Å². The lowest BCUT2D eigenvalue weighted by molar-refractivity contribution is -0.387. The van der Waals surface area contributed by atoms with E-state index < -0.39 is 123 Å². The Bertz CT molecular complexity index is 885. The molecule has 17 nitrogen and oxygen atoms in total. The van der Waals surface area contributed by atoms with Gasteiger partial charge in [0.05, 0.1) is 24.4 Å². The van der Waals surface area contributed by atoms with Crippen molar-refractivity contribution >= 4 is 0 Å². The molecule has 4 rings (SSSR count). The first-order valence-corrected chi connectivity index (χ1v) is 14.3. The van der Waals surface area contributed by atoms with Gasteiger partial charge in [0.2, 0.25) is 0 Å². The number of ether oxygens (including phenoxy) is 9. The Morgan fingerprint density at radius 1 is 0.372 bits per heavy atom. The maximum atomic E-state index is 11.2. The molecule has 0 aromatic rings. The normalized spacial score (nSPS) is 54.8. The predicted molar refractivity (Wildman–Crippen MR) is 138 cm³/mol. The highest BCUT2D eigenvalue weighted by atomic mass is 16.8. The Kier molecular flexibility index (Phi) is 11.8. The van der Waals surface area contributed by atoms with Crippen LogP contribution in [0.1, 0.15) is 27.7 Å². The number of aliphatic hydroxyl groups is 8. The summed E-state index contributed by atoms with van der Waals surface area (Å²) in [5.74, 6) is 0. The first-order chi connectivity index (χ1) is 20.2. The lowest BCUT2D eigenvalue weighted by atomic mass is 9.96. The highest BCUT2D eigenvalue weighted by Crippen LogP contribution is 2.34. The van der Waals surface area contributed by atoms with Gasteiger partial charge in [0, 0.05) is 14.2 Å². The van der Waals surface area contributed by atoms with Gasteiger partial charge in [-0.25, -0.2) is 0 Å². The van der Waals surface area contributed by atoms with Crippen molar-refractivity contribution in [3.8, 4) is 0 Å². The molecule has 17 heteroatoms. The van der Waals surface area contributed by atoms with Crippen molar-refractivity contribution in [3.63, 3.8) is 0 Å². The molecule has 1 unspecified atom stereocenters. The van der Waals surface area contributed by atoms with E-state index in [-0.39, 0.29) is 0 Å². The molecular weight excluding hydrogens is 584 g/mol. The molecular formula is C26H46O17. The average molecular weight is 631 g/mol. The van der Waals surface area contributed by atoms with Crippen LogP contribution in [-0.4, -0.2) is 178 Å². The van der Waals surface area contributed by atoms with E-state index in [9.17, 15) is 40.9 Å². The summed E-state index contributed by atoms with van der Waals surface area (Å²) in [7, 11) is 2.59. The zero-order valence-corrected chi connectivity index (χ0v) is 24.8. The second-order valence-electron chi connectivity index (χ2n) is 11.5. The van der Waals surface area contributed by atoms with Crippen LogP contribution < -0.4 is 0 Å². The van der Waals surface area contributed by atoms with Crippen molar-refractivity contribution in [3.05, 3.63) is 0 Å². The molecule has 0 radical (unpaired) electrons. The van der Waals surface area contributed by atoms with Gasteiger partial charge in [-0.15, -0.1) is 0 Å². The van der Waals surface area contributed by atoms with Crippen molar-refractivity contribution in [2.45, 2.75) is 151 Å². The van der Waals surface area contributed by atoms with Crippen molar-refractivity contribution in [2.24, 2.45) is 0 Å². The van der Waals surface area contributed by atoms with Gasteiger partial charge < -0.3 is 83.5 Å². The standard InChI is InChI=1S/C26H46O17/c1-7-11(27)14(30)20(23(34)37-7)43-24-17(33)19(13(29)9(3)38-24)42-26-22(36-6)16(32)18(10(4)40-26)41-25-21(35-5)15(31)12(28)8(2)39-25/h7-34H,1-6H3/t7-,8-,9-,10-,11+,12+,13-,14+,15+,16+,17+,18+,19+,20+,21-,22-,23?,24-,25-,26-/m0/s1. The molecule has 4 saturated heterocycles. The van der Waals surface area contributed by atoms with Crippen LogP contribution in [-0.2, 0) is 42.6 Å². The molecule has 252 valence electrons. The molecule has 0 aliphatic carbocycles. The van der Waals surface area contributed by atoms with Gasteiger partial charge in [0.15, 0.2) is 25.2 Å². The lowest BCUT2D eigenvalue weighted by Crippen LogP contribution is -2.66. The molecule has 8 N–H and O–H groups in total. The summed E-state index contributed by atoms with van der Waals surface area (Å²) >= 11 is 0. The lowest BCUT2D eigenvalue weighted by Gasteiger charge is -2.49. The highest BCUT2D eigenvalue weighted by Gasteiger charge is 2.54. The van der Waals surface area contributed by atoms with Gasteiger partial charge in [-0.3, -0.25) is 0 Å². The molecule has 0 aromatic carbocycles. The minimum Gasteiger partial charge on any atom is -0.388 e. The predicted octanol–water partition coefficient (Wildman–Crippen LogP) is -4.33. The fourth-order valence-electron chi connectivity index (χ4n) is 5.81. The van der Waals surface area contributed by atoms with E-state index in [0.717, 1.165) is 0 Å². The SMILES string of the molecule is CO[C@@H]1[C@H](O[C@H]2[C@@H](O)[C@H](OC)[C@H](O[C@@H]3[C@@H](O)[C@H](C)O[C@@H](O[C@H]4C(O)O[C@@H](C)[C@@H](O)[C@H]4O)[C@@H]3O)O[C@H]2C)O[C@@H](C)[C@@H](O)[C@H]1O. The molecule has 4 aliphatic heterocycles. The summed E-state index contributed by atoms with van der Waals surface area (Å²) in [6.07, 6.45) is -25.7. The summed E-state index contributed by atoms with van der Waals surface area (Å²) in [6, 6.07) is 0. The van der Waals surface area contributed by atoms with E-state index in [2.05, 4.69) is 0 Å². The Balaban J connectivity index is 1.46. The zero-order valence-electron chi connectivity index (χ0n) is 24.8. The fraction of sp³-hybridized carbons (Fsp3) is 1.00. The summed E-state index contributed by atoms with van der Waals surface area (Å²) in [6.45, 7) is 6.04. The maximum Gasteiger partial charge on any atom is 0.187 e. The van der Waals surface area contributed by atoms with Crippen LogP contribution in [0.5, 0.6) is 0 Å². The second kappa shape index (κ2) is 14.4. The smallest absolute Gasteiger partial charge is 0.187 e. The average Bonchev–Trinajstić information content (AvgIpc) is 2.95. The zero-order chi connectivity index (χ0) is 31.9. The Hall–Kier alpha value is -0.680. The van der Waals surface area contributed by atoms with Crippen molar-refractivity contribution in [2.75, 3.05) is 14.2 Å². The summed E-state index contributed by atoms with van der Waals surface area (Å²) in [5, 5.41) is 84.6. The van der Waals surface area contributed by atoms with Gasteiger partial charge in [-0.1, -0.05) is 0 Å². The molecule has 0 spiro atoms. The van der Waals surface area contributed by atoms with Gasteiger partial charge in [0.1, 0.15) is 73.2 Å². The minimum absolute atomic E-state index is 0.805. The van der Waals surface area contributed by atoms with Crippen LogP contribution in [0.4, 0.5) is 0 Å². The second-order valence-corrected chi connectivity index (χ2v) is 11.5. The van der Waals surface area contributed by atoms with Crippen molar-refractivity contribution in [1.82, 2.24) is 0 Å². The first kappa shape index (κ1) is 35.2. The molecule has 0 amide bonds. The first-order valence-electron chi connectivity index (χ1n) is 14.3. The van der Waals surface area contributed by atoms with Gasteiger partial charge in [-0.05, 0) is 27.7 Å². The van der Waals surface area contributed by atoms with Crippen LogP contribution >= 0.6 is 0 Å². The van der Waals surface area contributed by atoms with Crippen LogP contribution in [0.3, 0.4) is 0 Å². The molecule has 20 atom stereocenters. The van der Waals surface area contributed by atoms with Crippen molar-refractivity contribution in [1.29, 1.82) is 0 Å². The summed E-state index contributed by atoms with van der Waals surface area (Å²) < 4.78 is 50.7. The van der Waals surface area contributed by atoms with E-state index in [4.69, 9.17) is 42.6 Å². The highest BCUT2D eigenvalue weighted by molar-refractivity contribution is 4.96. The number of aliphatic hydroxyl groups excluding tert-OH is 8. The summed E-state index contributed by atoms with van der Waals surface area (Å²) in [5.41, 5.74) is 0. The van der Waals surface area contributed by atoms with E-state index >= 15 is 0 Å². The Labute approximate surface area is 248 Å². The van der Waals surface area contributed by atoms with Gasteiger partial charge in [-0.2, -0.15) is 0 Å². The number of methoxy groups -OCH3 is 2. The van der Waals surface area contributed by atoms with E-state index in [1.165, 1.54) is 28.1 Å². The van der Waals surface area contributed by atoms with E-state index in [0.29, 0.717) is 0 Å². The molecule has 0 aromatic heterocycles. The Morgan fingerprint density at radius 2 is 0.791 bits per heavy atom. The number of hydrogen-bond donors (Lipinski definition) is 8. The third kappa shape index (κ3) is 7.03.